The van der Waals surface area contributed by atoms with Crippen molar-refractivity contribution in [1.29, 1.82) is 0 Å². The molecule has 1 saturated carbocycles. The van der Waals surface area contributed by atoms with Crippen molar-refractivity contribution in [3.8, 4) is 0 Å². The molecule has 28 heavy (non-hydrogen) atoms. The van der Waals surface area contributed by atoms with Crippen molar-refractivity contribution in [1.82, 2.24) is 5.32 Å². The lowest BCUT2D eigenvalue weighted by molar-refractivity contribution is 0.102. The fourth-order valence-electron chi connectivity index (χ4n) is 3.36. The molecule has 0 saturated heterocycles. The molecule has 2 amide bonds. The van der Waals surface area contributed by atoms with Gasteiger partial charge in [-0.15, -0.1) is 0 Å². The van der Waals surface area contributed by atoms with E-state index in [9.17, 15) is 18.4 Å². The molecule has 2 aromatic rings. The van der Waals surface area contributed by atoms with Crippen LogP contribution in [-0.2, 0) is 11.2 Å². The zero-order valence-corrected chi connectivity index (χ0v) is 15.5. The van der Waals surface area contributed by atoms with Gasteiger partial charge in [-0.1, -0.05) is 11.6 Å². The molecule has 0 heterocycles. The maximum atomic E-state index is 14.5. The smallest absolute Gasteiger partial charge is 0.407 e. The molecule has 0 unspecified atom stereocenters. The maximum absolute atomic E-state index is 14.5. The van der Waals surface area contributed by atoms with E-state index in [2.05, 4.69) is 10.6 Å². The molecule has 4 rings (SSSR count). The van der Waals surface area contributed by atoms with Gasteiger partial charge in [0.25, 0.3) is 5.91 Å². The zero-order chi connectivity index (χ0) is 19.8. The van der Waals surface area contributed by atoms with Crippen LogP contribution in [0.1, 0.15) is 46.8 Å². The Morgan fingerprint density at radius 2 is 1.82 bits per heavy atom. The largest absolute Gasteiger partial charge is 0.446 e. The number of anilines is 1. The Morgan fingerprint density at radius 1 is 1.07 bits per heavy atom. The first kappa shape index (κ1) is 18.7. The van der Waals surface area contributed by atoms with E-state index in [1.165, 1.54) is 24.3 Å². The maximum Gasteiger partial charge on any atom is 0.407 e. The van der Waals surface area contributed by atoms with E-state index < -0.39 is 29.7 Å². The average molecular weight is 407 g/mol. The minimum atomic E-state index is -0.589. The lowest BCUT2D eigenvalue weighted by Crippen LogP contribution is -2.29. The summed E-state index contributed by atoms with van der Waals surface area (Å²) in [5.41, 5.74) is 1.48. The number of fused-ring (bicyclic) bond motifs is 1. The summed E-state index contributed by atoms with van der Waals surface area (Å²) >= 11 is 5.74. The summed E-state index contributed by atoms with van der Waals surface area (Å²) in [5.74, 6) is -1.53. The van der Waals surface area contributed by atoms with Gasteiger partial charge in [-0.2, -0.15) is 0 Å². The molecule has 8 heteroatoms. The summed E-state index contributed by atoms with van der Waals surface area (Å²) in [7, 11) is 0. The minimum absolute atomic E-state index is 0.0506. The highest BCUT2D eigenvalue weighted by atomic mass is 35.5. The third kappa shape index (κ3) is 3.80. The SMILES string of the molecule is O=C(N[C@H]1CCc2c(C(=O)Nc3ccc(F)c(Cl)c3)ccc(F)c21)OC1CC1. The Bertz CT molecular complexity index is 963. The van der Waals surface area contributed by atoms with Crippen molar-refractivity contribution in [3.05, 3.63) is 63.7 Å². The van der Waals surface area contributed by atoms with E-state index >= 15 is 0 Å². The van der Waals surface area contributed by atoms with Crippen LogP contribution in [0, 0.1) is 11.6 Å². The van der Waals surface area contributed by atoms with Crippen LogP contribution in [0.5, 0.6) is 0 Å². The van der Waals surface area contributed by atoms with Gasteiger partial charge in [0.2, 0.25) is 0 Å². The number of nitrogens with one attached hydrogen (secondary N) is 2. The normalized spacial score (nSPS) is 17.8. The van der Waals surface area contributed by atoms with Crippen molar-refractivity contribution >= 4 is 29.3 Å². The van der Waals surface area contributed by atoms with Gasteiger partial charge in [-0.3, -0.25) is 4.79 Å². The number of rotatable bonds is 4. The quantitative estimate of drug-likeness (QED) is 0.770. The van der Waals surface area contributed by atoms with Crippen LogP contribution in [0.3, 0.4) is 0 Å². The van der Waals surface area contributed by atoms with Crippen molar-refractivity contribution in [2.24, 2.45) is 0 Å². The number of amides is 2. The summed E-state index contributed by atoms with van der Waals surface area (Å²) in [4.78, 5) is 24.6. The van der Waals surface area contributed by atoms with Gasteiger partial charge in [-0.05, 0) is 61.6 Å². The third-order valence-corrected chi connectivity index (χ3v) is 5.14. The van der Waals surface area contributed by atoms with Crippen LogP contribution < -0.4 is 10.6 Å². The summed E-state index contributed by atoms with van der Waals surface area (Å²) in [6.45, 7) is 0. The van der Waals surface area contributed by atoms with Gasteiger partial charge in [0, 0.05) is 16.8 Å². The molecule has 0 radical (unpaired) electrons. The molecule has 1 fully saturated rings. The Hall–Kier alpha value is -2.67. The average Bonchev–Trinajstić information content (AvgIpc) is 3.36. The van der Waals surface area contributed by atoms with Crippen LogP contribution in [0.4, 0.5) is 19.3 Å². The Labute approximate surface area is 165 Å². The second kappa shape index (κ2) is 7.39. The van der Waals surface area contributed by atoms with Crippen molar-refractivity contribution < 1.29 is 23.1 Å². The van der Waals surface area contributed by atoms with Gasteiger partial charge in [0.15, 0.2) is 0 Å². The minimum Gasteiger partial charge on any atom is -0.446 e. The monoisotopic (exact) mass is 406 g/mol. The summed E-state index contributed by atoms with van der Waals surface area (Å²) in [5, 5.41) is 5.22. The molecule has 146 valence electrons. The fourth-order valence-corrected chi connectivity index (χ4v) is 3.54. The number of carbonyl (C=O) groups excluding carboxylic acids is 2. The first-order valence-corrected chi connectivity index (χ1v) is 9.35. The van der Waals surface area contributed by atoms with Gasteiger partial charge in [0.1, 0.15) is 17.7 Å². The van der Waals surface area contributed by atoms with Crippen molar-refractivity contribution in [2.75, 3.05) is 5.32 Å². The highest BCUT2D eigenvalue weighted by Crippen LogP contribution is 2.36. The molecule has 2 N–H and O–H groups in total. The molecular formula is C20H17ClF2N2O3. The number of hydrogen-bond acceptors (Lipinski definition) is 3. The lowest BCUT2D eigenvalue weighted by Gasteiger charge is -2.16. The molecule has 2 aromatic carbocycles. The van der Waals surface area contributed by atoms with Crippen LogP contribution in [0.15, 0.2) is 30.3 Å². The second-order valence-corrected chi connectivity index (χ2v) is 7.32. The predicted octanol–water partition coefficient (Wildman–Crippen LogP) is 4.75. The summed E-state index contributed by atoms with van der Waals surface area (Å²) < 4.78 is 32.9. The van der Waals surface area contributed by atoms with Crippen LogP contribution in [0.25, 0.3) is 0 Å². The molecule has 0 spiro atoms. The highest BCUT2D eigenvalue weighted by molar-refractivity contribution is 6.31. The lowest BCUT2D eigenvalue weighted by atomic mass is 10.0. The molecular weight excluding hydrogens is 390 g/mol. The molecule has 5 nitrogen and oxygen atoms in total. The number of benzene rings is 2. The number of alkyl carbamates (subject to hydrolysis) is 1. The second-order valence-electron chi connectivity index (χ2n) is 6.91. The molecule has 0 bridgehead atoms. The van der Waals surface area contributed by atoms with Gasteiger partial charge in [0.05, 0.1) is 11.1 Å². The van der Waals surface area contributed by atoms with Gasteiger partial charge < -0.3 is 15.4 Å². The van der Waals surface area contributed by atoms with Gasteiger partial charge in [-0.25, -0.2) is 13.6 Å². The first-order valence-electron chi connectivity index (χ1n) is 8.97. The van der Waals surface area contributed by atoms with E-state index in [1.807, 2.05) is 0 Å². The topological polar surface area (TPSA) is 67.4 Å². The van der Waals surface area contributed by atoms with Gasteiger partial charge >= 0.3 is 6.09 Å². The van der Waals surface area contributed by atoms with Crippen LogP contribution in [-0.4, -0.2) is 18.1 Å². The van der Waals surface area contributed by atoms with Crippen LogP contribution >= 0.6 is 11.6 Å². The van der Waals surface area contributed by atoms with Crippen molar-refractivity contribution in [3.63, 3.8) is 0 Å². The van der Waals surface area contributed by atoms with E-state index in [1.54, 1.807) is 0 Å². The van der Waals surface area contributed by atoms with Crippen molar-refractivity contribution in [2.45, 2.75) is 37.8 Å². The zero-order valence-electron chi connectivity index (χ0n) is 14.7. The Balaban J connectivity index is 1.54. The van der Waals surface area contributed by atoms with E-state index in [-0.39, 0.29) is 11.1 Å². The molecule has 2 aliphatic rings. The number of hydrogen-bond donors (Lipinski definition) is 2. The van der Waals surface area contributed by atoms with E-state index in [0.717, 1.165) is 18.9 Å². The fraction of sp³-hybridized carbons (Fsp3) is 0.300. The third-order valence-electron chi connectivity index (χ3n) is 4.85. The molecule has 1 atom stereocenters. The van der Waals surface area contributed by atoms with E-state index in [4.69, 9.17) is 16.3 Å². The van der Waals surface area contributed by atoms with Crippen LogP contribution in [0.2, 0.25) is 5.02 Å². The number of ether oxygens (including phenoxy) is 1. The summed E-state index contributed by atoms with van der Waals surface area (Å²) in [6.07, 6.45) is 1.98. The first-order chi connectivity index (χ1) is 13.4. The Kier molecular flexibility index (Phi) is 4.93. The molecule has 2 aliphatic carbocycles. The Morgan fingerprint density at radius 3 is 2.54 bits per heavy atom. The van der Waals surface area contributed by atoms with E-state index in [0.29, 0.717) is 35.2 Å². The number of halogens is 3. The predicted molar refractivity (Wildman–Crippen MR) is 99.5 cm³/mol. The highest BCUT2D eigenvalue weighted by Gasteiger charge is 2.33. The molecule has 0 aromatic heterocycles. The number of carbonyl (C=O) groups is 2. The molecule has 0 aliphatic heterocycles. The summed E-state index contributed by atoms with van der Waals surface area (Å²) in [6, 6.07) is 5.90. The standard InChI is InChI=1S/C20H17ClF2N2O3/c21-14-9-10(1-6-15(14)22)24-19(26)13-4-7-16(23)18-12(13)5-8-17(18)25-20(27)28-11-2-3-11/h1,4,6-7,9,11,17H,2-3,5,8H2,(H,24,26)(H,25,27)/t17-/m0/s1.